The number of benzene rings is 8. The van der Waals surface area contributed by atoms with Crippen LogP contribution in [0.2, 0.25) is 0 Å². The highest BCUT2D eigenvalue weighted by atomic mass is 16.6. The second-order valence-corrected chi connectivity index (χ2v) is 22.6. The van der Waals surface area contributed by atoms with E-state index in [1.54, 1.807) is 0 Å². The Balaban J connectivity index is 1.14. The SMILES string of the molecule is O=C(O)c1cc(O)c(O)c(O)c1Oc1cc2c(c(O)c1O)-c1c(cc(O)c(O)c1O)C(=O)OC1C(COC2=O)OC(=O)c2cc(O)c(O)c(O)c2-c2c(O)c(O)c(O)c3c2C(=O)OC1C1OC(=O)c2c-3c(O)c(O)c(O)c2C1c1c(O)cc(O)c2c1OC(c1ccc(O)c(O)c1)C(O)C2. The minimum atomic E-state index is -3.13. The molecule has 8 aromatic rings. The smallest absolute Gasteiger partial charge is 0.340 e. The summed E-state index contributed by atoms with van der Waals surface area (Å²) in [6, 6.07) is 4.54. The molecule has 0 saturated carbocycles. The van der Waals surface area contributed by atoms with Crippen molar-refractivity contribution in [2.24, 2.45) is 0 Å². The van der Waals surface area contributed by atoms with Gasteiger partial charge in [-0.2, -0.15) is 0 Å². The van der Waals surface area contributed by atoms with Crippen molar-refractivity contribution >= 4 is 35.8 Å². The van der Waals surface area contributed by atoms with Gasteiger partial charge < -0.3 is 151 Å². The van der Waals surface area contributed by atoms with Crippen LogP contribution in [0.1, 0.15) is 96.4 Å². The van der Waals surface area contributed by atoms with Gasteiger partial charge in [-0.1, -0.05) is 6.07 Å². The first-order valence-corrected chi connectivity index (χ1v) is 28.1. The maximum absolute atomic E-state index is 16.0. The number of carbonyl (C=O) groups excluding carboxylic acids is 5. The lowest BCUT2D eigenvalue weighted by Gasteiger charge is -2.43. The lowest BCUT2D eigenvalue weighted by molar-refractivity contribution is -0.135. The monoisotopic (exact) mass is 1370 g/mol. The molecular weight excluding hydrogens is 1330 g/mol. The fraction of sp³-hybridized carbons (Fsp3) is 0.143. The summed E-state index contributed by atoms with van der Waals surface area (Å²) in [6.45, 7) is -1.80. The number of aromatic hydroxyl groups is 21. The van der Waals surface area contributed by atoms with Crippen LogP contribution in [0.3, 0.4) is 0 Å². The average molecular weight is 1370 g/mol. The number of aliphatic hydroxyl groups is 1. The van der Waals surface area contributed by atoms with E-state index in [0.29, 0.717) is 18.2 Å². The van der Waals surface area contributed by atoms with Crippen molar-refractivity contribution in [1.29, 1.82) is 0 Å². The number of fused-ring (bicyclic) bond motifs is 8. The van der Waals surface area contributed by atoms with E-state index >= 15 is 24.0 Å². The summed E-state index contributed by atoms with van der Waals surface area (Å²) in [6.07, 6.45) is -16.4. The van der Waals surface area contributed by atoms with E-state index in [1.807, 2.05) is 0 Å². The van der Waals surface area contributed by atoms with Crippen molar-refractivity contribution in [2.75, 3.05) is 6.61 Å². The number of hydrogen-bond donors (Lipinski definition) is 23. The number of carboxylic acids is 1. The molecule has 23 N–H and O–H groups in total. The highest BCUT2D eigenvalue weighted by Gasteiger charge is 2.58. The molecule has 0 spiro atoms. The van der Waals surface area contributed by atoms with Crippen LogP contribution in [0.15, 0.2) is 48.5 Å². The summed E-state index contributed by atoms with van der Waals surface area (Å²) in [5.41, 5.74) is -20.0. The molecule has 7 unspecified atom stereocenters. The maximum Gasteiger partial charge on any atom is 0.340 e. The van der Waals surface area contributed by atoms with Gasteiger partial charge in [-0.05, 0) is 29.8 Å². The van der Waals surface area contributed by atoms with Crippen LogP contribution in [0.25, 0.3) is 33.4 Å². The Morgan fingerprint density at radius 2 is 0.889 bits per heavy atom. The molecule has 6 aliphatic rings. The van der Waals surface area contributed by atoms with E-state index in [-0.39, 0.29) is 17.7 Å². The van der Waals surface area contributed by atoms with Crippen LogP contribution in [-0.2, 0) is 30.1 Å². The summed E-state index contributed by atoms with van der Waals surface area (Å²) in [5, 5.41) is 262. The van der Waals surface area contributed by atoms with E-state index in [0.717, 1.165) is 18.2 Å². The van der Waals surface area contributed by atoms with E-state index in [1.165, 1.54) is 0 Å². The second-order valence-electron chi connectivity index (χ2n) is 22.6. The Bertz CT molecular complexity index is 5070. The Morgan fingerprint density at radius 1 is 0.394 bits per heavy atom. The number of ether oxygens (including phenoxy) is 7. The normalized spacial score (nSPS) is 19.7. The Morgan fingerprint density at radius 3 is 1.49 bits per heavy atom. The number of rotatable bonds is 5. The zero-order chi connectivity index (χ0) is 71.6. The fourth-order valence-electron chi connectivity index (χ4n) is 12.6. The van der Waals surface area contributed by atoms with E-state index in [4.69, 9.17) is 33.2 Å². The highest BCUT2D eigenvalue weighted by Crippen LogP contribution is 2.65. The van der Waals surface area contributed by atoms with Crippen LogP contribution < -0.4 is 9.47 Å². The molecule has 36 heteroatoms. The number of carboxylic acid groups (broad SMARTS) is 1. The zero-order valence-corrected chi connectivity index (χ0v) is 48.7. The third kappa shape index (κ3) is 9.17. The van der Waals surface area contributed by atoms with Crippen molar-refractivity contribution < 1.29 is 179 Å². The first-order valence-electron chi connectivity index (χ1n) is 28.1. The standard InChI is InChI=1S/C63H42O36/c64-17-2-1-11(3-19(17)66)52-24(71)4-12-18(65)9-20(67)30(53(12)96-52)35-34-37-33(47(81)50(84)48(34)82)32-36-31(45(79)49(83)46(32)80)29-14(6-22(69)39(73)43(29)77)60(89)95-26-10-93-59(88)15-8-25(94-54-16(58(86)87)7-23(70)40(74)51(54)85)41(75)44(78)28(15)27-13(5-21(68)38(72)42(27)76)61(90)97-55(26)57(99-63(36)92)56(35)98-62(37)91/h1-3,5-9,24,26,35,52,55-57,64-85H,4,10H2,(H,86,87). The van der Waals surface area contributed by atoms with Crippen LogP contribution in [-0.4, -0.2) is 190 Å². The quantitative estimate of drug-likeness (QED) is 0.0653. The summed E-state index contributed by atoms with van der Waals surface area (Å²) in [4.78, 5) is 90.1. The molecule has 6 aliphatic heterocycles. The average Bonchev–Trinajstić information content (AvgIpc) is 1.38. The van der Waals surface area contributed by atoms with Crippen molar-refractivity contribution in [2.45, 2.75) is 49.0 Å². The number of hydrogen-bond acceptors (Lipinski definition) is 35. The Kier molecular flexibility index (Phi) is 14.2. The number of carbonyl (C=O) groups is 6. The molecule has 7 atom stereocenters. The summed E-state index contributed by atoms with van der Waals surface area (Å²) in [7, 11) is 0. The molecule has 6 heterocycles. The molecule has 510 valence electrons. The summed E-state index contributed by atoms with van der Waals surface area (Å²) >= 11 is 0. The summed E-state index contributed by atoms with van der Waals surface area (Å²) in [5.74, 6) is -50.5. The molecule has 99 heavy (non-hydrogen) atoms. The van der Waals surface area contributed by atoms with Crippen LogP contribution in [0.5, 0.6) is 138 Å². The molecule has 36 nitrogen and oxygen atoms in total. The lowest BCUT2D eigenvalue weighted by Crippen LogP contribution is -2.56. The third-order valence-electron chi connectivity index (χ3n) is 17.1. The highest BCUT2D eigenvalue weighted by molar-refractivity contribution is 6.17. The van der Waals surface area contributed by atoms with Gasteiger partial charge in [-0.25, -0.2) is 28.8 Å². The molecule has 0 fully saturated rings. The predicted octanol–water partition coefficient (Wildman–Crippen LogP) is 4.18. The van der Waals surface area contributed by atoms with Gasteiger partial charge in [0.1, 0.15) is 35.5 Å². The van der Waals surface area contributed by atoms with Gasteiger partial charge in [-0.15, -0.1) is 0 Å². The number of aliphatic hydroxyl groups excluding tert-OH is 1. The van der Waals surface area contributed by atoms with E-state index < -0.39 is 313 Å². The molecule has 14 rings (SSSR count). The van der Waals surface area contributed by atoms with Crippen molar-refractivity contribution in [3.8, 4) is 171 Å². The summed E-state index contributed by atoms with van der Waals surface area (Å²) < 4.78 is 41.6. The fourth-order valence-corrected chi connectivity index (χ4v) is 12.6. The molecule has 0 amide bonds. The minimum absolute atomic E-state index is 0.184. The first kappa shape index (κ1) is 63.7. The molecule has 0 aliphatic carbocycles. The van der Waals surface area contributed by atoms with Crippen molar-refractivity contribution in [3.05, 3.63) is 104 Å². The van der Waals surface area contributed by atoms with Gasteiger partial charge in [0.05, 0.1) is 39.8 Å². The van der Waals surface area contributed by atoms with Crippen molar-refractivity contribution in [1.82, 2.24) is 0 Å². The zero-order valence-electron chi connectivity index (χ0n) is 48.7. The molecule has 0 radical (unpaired) electrons. The lowest BCUT2D eigenvalue weighted by atomic mass is 9.73. The predicted molar refractivity (Wildman–Crippen MR) is 313 cm³/mol. The Labute approximate surface area is 544 Å². The number of aromatic carboxylic acids is 1. The largest absolute Gasteiger partial charge is 0.507 e. The number of cyclic esters (lactones) is 1. The number of phenols is 21. The number of esters is 5. The van der Waals surface area contributed by atoms with Gasteiger partial charge in [0.15, 0.2) is 105 Å². The molecule has 8 aromatic carbocycles. The molecule has 0 saturated heterocycles. The molecular formula is C63H42O36. The third-order valence-corrected chi connectivity index (χ3v) is 17.1. The van der Waals surface area contributed by atoms with Gasteiger partial charge in [-0.3, -0.25) is 0 Å². The second kappa shape index (κ2) is 22.0. The number of phenolic OH excluding ortho intramolecular Hbond substituents is 21. The first-order chi connectivity index (χ1) is 46.7. The molecule has 0 aromatic heterocycles. The minimum Gasteiger partial charge on any atom is -0.507 e. The van der Waals surface area contributed by atoms with Crippen LogP contribution >= 0.6 is 0 Å². The van der Waals surface area contributed by atoms with Gasteiger partial charge in [0.2, 0.25) is 40.2 Å². The van der Waals surface area contributed by atoms with Crippen molar-refractivity contribution in [3.63, 3.8) is 0 Å². The topological polar surface area (TPSA) is 632 Å². The molecule has 6 bridgehead atoms. The van der Waals surface area contributed by atoms with Gasteiger partial charge >= 0.3 is 35.8 Å². The van der Waals surface area contributed by atoms with Crippen LogP contribution in [0, 0.1) is 0 Å². The maximum atomic E-state index is 16.0. The Hall–Kier alpha value is -14.1. The van der Waals surface area contributed by atoms with E-state index in [2.05, 4.69) is 0 Å². The van der Waals surface area contributed by atoms with Gasteiger partial charge in [0.25, 0.3) is 0 Å². The van der Waals surface area contributed by atoms with Crippen LogP contribution in [0.4, 0.5) is 0 Å². The van der Waals surface area contributed by atoms with Gasteiger partial charge in [0, 0.05) is 74.7 Å². The van der Waals surface area contributed by atoms with E-state index in [9.17, 15) is 122 Å².